The number of carbonyl (C=O) groups is 3. The Kier molecular flexibility index (Phi) is 18.1. The minimum atomic E-state index is -1.23. The number of benzene rings is 1. The molecule has 37 heavy (non-hydrogen) atoms. The van der Waals surface area contributed by atoms with Gasteiger partial charge in [-0.2, -0.15) is 0 Å². The van der Waals surface area contributed by atoms with Crippen LogP contribution in [0.4, 0.5) is 5.69 Å². The molecule has 0 aliphatic rings. The van der Waals surface area contributed by atoms with Crippen molar-refractivity contribution in [3.8, 4) is 5.75 Å². The van der Waals surface area contributed by atoms with E-state index in [0.29, 0.717) is 18.5 Å². The molecule has 1 amide bonds. The quantitative estimate of drug-likeness (QED) is 0.0517. The van der Waals surface area contributed by atoms with Crippen LogP contribution in [0.15, 0.2) is 35.2 Å². The number of hydrogen-bond acceptors (Lipinski definition) is 5. The second kappa shape index (κ2) is 20.6. The molecule has 1 aromatic carbocycles. The van der Waals surface area contributed by atoms with Gasteiger partial charge in [0, 0.05) is 28.3 Å². The molecule has 0 saturated carbocycles. The van der Waals surface area contributed by atoms with Gasteiger partial charge in [0.05, 0.1) is 0 Å². The van der Waals surface area contributed by atoms with Crippen LogP contribution in [0.3, 0.4) is 0 Å². The number of carbonyl (C=O) groups excluding carboxylic acids is 1. The Morgan fingerprint density at radius 3 is 2.14 bits per heavy atom. The molecule has 0 saturated heterocycles. The van der Waals surface area contributed by atoms with Crippen molar-refractivity contribution in [3.05, 3.63) is 30.4 Å². The number of unbranched alkanes of at least 4 members (excludes halogenated alkanes) is 10. The molecule has 1 aromatic rings. The second-order valence-electron chi connectivity index (χ2n) is 9.54. The van der Waals surface area contributed by atoms with Crippen LogP contribution < -0.4 is 5.32 Å². The van der Waals surface area contributed by atoms with E-state index >= 15 is 0 Å². The normalized spacial score (nSPS) is 12.0. The van der Waals surface area contributed by atoms with Gasteiger partial charge in [-0.25, -0.2) is 0 Å². The lowest BCUT2D eigenvalue weighted by molar-refractivity contribution is -0.140. The summed E-state index contributed by atoms with van der Waals surface area (Å²) in [6.07, 6.45) is 20.0. The summed E-state index contributed by atoms with van der Waals surface area (Å²) in [6, 6.07) is 4.66. The van der Waals surface area contributed by atoms with Gasteiger partial charge in [0.1, 0.15) is 12.2 Å². The van der Waals surface area contributed by atoms with Crippen LogP contribution in [-0.2, 0) is 14.4 Å². The zero-order chi connectivity index (χ0) is 27.3. The molecule has 7 nitrogen and oxygen atoms in total. The zero-order valence-electron chi connectivity index (χ0n) is 22.3. The molecule has 0 bridgehead atoms. The largest absolute Gasteiger partial charge is 0.508 e. The van der Waals surface area contributed by atoms with Gasteiger partial charge in [-0.3, -0.25) is 14.4 Å². The average Bonchev–Trinajstić information content (AvgIpc) is 2.80. The van der Waals surface area contributed by atoms with Crippen molar-refractivity contribution in [1.29, 1.82) is 0 Å². The first-order chi connectivity index (χ1) is 17.8. The number of hydrogen-bond donors (Lipinski definition) is 4. The predicted octanol–water partition coefficient (Wildman–Crippen LogP) is 7.78. The number of allylic oxidation sites excluding steroid dienone is 2. The summed E-state index contributed by atoms with van der Waals surface area (Å²) >= 11 is 1.52. The fraction of sp³-hybridized carbons (Fsp3) is 0.621. The van der Waals surface area contributed by atoms with Gasteiger partial charge < -0.3 is 20.6 Å². The molecular formula is C29H45NO6S. The Labute approximate surface area is 226 Å². The van der Waals surface area contributed by atoms with E-state index in [2.05, 4.69) is 24.4 Å². The van der Waals surface area contributed by atoms with Crippen molar-refractivity contribution in [2.75, 3.05) is 5.32 Å². The fourth-order valence-electron chi connectivity index (χ4n) is 4.08. The molecule has 208 valence electrons. The Hall–Kier alpha value is -2.48. The van der Waals surface area contributed by atoms with Gasteiger partial charge >= 0.3 is 11.9 Å². The van der Waals surface area contributed by atoms with Crippen molar-refractivity contribution in [2.24, 2.45) is 0 Å². The minimum absolute atomic E-state index is 0.0311. The number of phenolic OH excluding ortho intramolecular Hbond substituents is 1. The number of aromatic hydroxyl groups is 1. The lowest BCUT2D eigenvalue weighted by atomic mass is 10.1. The summed E-state index contributed by atoms with van der Waals surface area (Å²) < 4.78 is 0. The van der Waals surface area contributed by atoms with E-state index in [-0.39, 0.29) is 17.4 Å². The van der Waals surface area contributed by atoms with E-state index in [0.717, 1.165) is 17.7 Å². The summed E-state index contributed by atoms with van der Waals surface area (Å²) in [7, 11) is 0. The van der Waals surface area contributed by atoms with Crippen LogP contribution >= 0.6 is 11.8 Å². The van der Waals surface area contributed by atoms with Gasteiger partial charge in [0.2, 0.25) is 5.91 Å². The maximum atomic E-state index is 11.8. The van der Waals surface area contributed by atoms with Crippen LogP contribution in [0, 0.1) is 0 Å². The highest BCUT2D eigenvalue weighted by Crippen LogP contribution is 2.34. The Bertz CT molecular complexity index is 842. The molecule has 0 aromatic heterocycles. The lowest BCUT2D eigenvalue weighted by Gasteiger charge is -2.16. The molecule has 0 heterocycles. The Balaban J connectivity index is 2.49. The van der Waals surface area contributed by atoms with E-state index < -0.39 is 24.3 Å². The summed E-state index contributed by atoms with van der Waals surface area (Å²) in [5, 5.41) is 30.5. The van der Waals surface area contributed by atoms with Gasteiger partial charge in [0.25, 0.3) is 0 Å². The number of phenols is 1. The highest BCUT2D eigenvalue weighted by molar-refractivity contribution is 8.00. The third-order valence-electron chi connectivity index (χ3n) is 6.00. The topological polar surface area (TPSA) is 124 Å². The summed E-state index contributed by atoms with van der Waals surface area (Å²) in [5.74, 6) is -2.74. The van der Waals surface area contributed by atoms with E-state index in [1.54, 1.807) is 12.1 Å². The lowest BCUT2D eigenvalue weighted by Crippen LogP contribution is -2.15. The molecule has 0 aliphatic carbocycles. The highest BCUT2D eigenvalue weighted by atomic mass is 32.2. The number of rotatable bonds is 22. The smallest absolute Gasteiger partial charge is 0.312 e. The maximum absolute atomic E-state index is 11.8. The molecule has 4 N–H and O–H groups in total. The monoisotopic (exact) mass is 535 g/mol. The summed E-state index contributed by atoms with van der Waals surface area (Å²) in [4.78, 5) is 34.2. The van der Waals surface area contributed by atoms with Crippen LogP contribution in [0.5, 0.6) is 5.75 Å². The maximum Gasteiger partial charge on any atom is 0.312 e. The number of thioether (sulfide) groups is 1. The third kappa shape index (κ3) is 18.4. The van der Waals surface area contributed by atoms with Crippen molar-refractivity contribution in [3.63, 3.8) is 0 Å². The van der Waals surface area contributed by atoms with Crippen LogP contribution in [0.25, 0.3) is 0 Å². The SMILES string of the molecule is CCCCCCCCCCCCC=CC[C@H](CCCC(=O)O)Sc1cc(O)cc(NC(=O)CC(=O)O)c1. The van der Waals surface area contributed by atoms with Crippen LogP contribution in [0.1, 0.15) is 110 Å². The molecule has 8 heteroatoms. The number of nitrogens with one attached hydrogen (secondary N) is 1. The van der Waals surface area contributed by atoms with Gasteiger partial charge in [0.15, 0.2) is 0 Å². The molecule has 0 unspecified atom stereocenters. The van der Waals surface area contributed by atoms with Crippen molar-refractivity contribution < 1.29 is 29.7 Å². The standard InChI is InChI=1S/C29H45NO6S/c1-2-3-4-5-6-7-8-9-10-11-12-13-14-16-25(17-15-18-28(33)34)37-26-20-23(19-24(31)21-26)30-27(32)22-29(35)36/h13-14,19-21,25,31H,2-12,15-18,22H2,1H3,(H,30,32)(H,33,34)(H,35,36)/t25-/m1/s1. The molecule has 0 spiro atoms. The molecule has 1 atom stereocenters. The molecule has 1 rings (SSSR count). The Morgan fingerprint density at radius 1 is 0.865 bits per heavy atom. The number of aliphatic carboxylic acids is 2. The highest BCUT2D eigenvalue weighted by Gasteiger charge is 2.13. The van der Waals surface area contributed by atoms with Gasteiger partial charge in [-0.1, -0.05) is 76.9 Å². The zero-order valence-corrected chi connectivity index (χ0v) is 23.1. The first-order valence-electron chi connectivity index (χ1n) is 13.7. The van der Waals surface area contributed by atoms with Gasteiger partial charge in [-0.15, -0.1) is 11.8 Å². The Morgan fingerprint density at radius 2 is 1.51 bits per heavy atom. The first kappa shape index (κ1) is 32.5. The van der Waals surface area contributed by atoms with Crippen molar-refractivity contribution >= 4 is 35.3 Å². The van der Waals surface area contributed by atoms with E-state index in [1.807, 2.05) is 0 Å². The summed E-state index contributed by atoms with van der Waals surface area (Å²) in [6.45, 7) is 2.24. The predicted molar refractivity (Wildman–Crippen MR) is 150 cm³/mol. The van der Waals surface area contributed by atoms with E-state index in [9.17, 15) is 19.5 Å². The minimum Gasteiger partial charge on any atom is -0.508 e. The second-order valence-corrected chi connectivity index (χ2v) is 10.9. The first-order valence-corrected chi connectivity index (χ1v) is 14.6. The van der Waals surface area contributed by atoms with Crippen molar-refractivity contribution in [2.45, 2.75) is 120 Å². The van der Waals surface area contributed by atoms with E-state index in [1.165, 1.54) is 82.0 Å². The fourth-order valence-corrected chi connectivity index (χ4v) is 5.34. The van der Waals surface area contributed by atoms with Gasteiger partial charge in [-0.05, 0) is 44.2 Å². The number of anilines is 1. The number of carboxylic acids is 2. The third-order valence-corrected chi connectivity index (χ3v) is 7.27. The van der Waals surface area contributed by atoms with Crippen LogP contribution in [-0.4, -0.2) is 38.4 Å². The molecule has 0 aliphatic heterocycles. The number of amides is 1. The molecular weight excluding hydrogens is 490 g/mol. The molecule has 0 radical (unpaired) electrons. The number of carboxylic acid groups (broad SMARTS) is 2. The van der Waals surface area contributed by atoms with Crippen molar-refractivity contribution in [1.82, 2.24) is 0 Å². The molecule has 0 fully saturated rings. The average molecular weight is 536 g/mol. The summed E-state index contributed by atoms with van der Waals surface area (Å²) in [5.41, 5.74) is 0.328. The van der Waals surface area contributed by atoms with E-state index in [4.69, 9.17) is 10.2 Å². The van der Waals surface area contributed by atoms with Crippen LogP contribution in [0.2, 0.25) is 0 Å².